The lowest BCUT2D eigenvalue weighted by molar-refractivity contribution is 0.0527. The van der Waals surface area contributed by atoms with Crippen LogP contribution in [0.2, 0.25) is 0 Å². The number of carbonyl (C=O) groups is 1. The summed E-state index contributed by atoms with van der Waals surface area (Å²) < 4.78 is 51.7. The van der Waals surface area contributed by atoms with Crippen LogP contribution in [-0.4, -0.2) is 67.2 Å². The minimum atomic E-state index is -3.15. The topological polar surface area (TPSA) is 157 Å². The number of hydrogen-bond acceptors (Lipinski definition) is 7. The molecule has 25 heavy (non-hydrogen) atoms. The molecule has 10 nitrogen and oxygen atoms in total. The molecule has 0 atom stereocenters. The summed E-state index contributed by atoms with van der Waals surface area (Å²) in [7, 11) is -6.15. The zero-order valence-electron chi connectivity index (χ0n) is 15.6. The fourth-order valence-corrected chi connectivity index (χ4v) is 2.24. The number of hydrogen-bond donors (Lipinski definition) is 4. The first kappa shape index (κ1) is 26.3. The summed E-state index contributed by atoms with van der Waals surface area (Å²) in [6, 6.07) is 0. The minimum absolute atomic E-state index is 0.300. The molecule has 0 rings (SSSR count). The van der Waals surface area contributed by atoms with E-state index in [1.165, 1.54) is 0 Å². The predicted octanol–water partition coefficient (Wildman–Crippen LogP) is -0.665. The largest absolute Gasteiger partial charge is 0.444 e. The highest BCUT2D eigenvalue weighted by molar-refractivity contribution is 7.89. The Hall–Kier alpha value is -0.950. The van der Waals surface area contributed by atoms with E-state index in [-0.39, 0.29) is 0 Å². The van der Waals surface area contributed by atoms with E-state index in [9.17, 15) is 21.6 Å². The van der Waals surface area contributed by atoms with Gasteiger partial charge in [-0.2, -0.15) is 0 Å². The summed E-state index contributed by atoms with van der Waals surface area (Å²) >= 11 is 0. The van der Waals surface area contributed by atoms with E-state index in [1.54, 1.807) is 20.8 Å². The summed E-state index contributed by atoms with van der Waals surface area (Å²) in [6.07, 6.45) is 2.93. The van der Waals surface area contributed by atoms with Crippen LogP contribution in [0.4, 0.5) is 4.79 Å². The molecule has 0 aliphatic rings. The van der Waals surface area contributed by atoms with Crippen molar-refractivity contribution in [1.82, 2.24) is 14.8 Å². The van der Waals surface area contributed by atoms with Crippen molar-refractivity contribution >= 4 is 26.1 Å². The average molecular weight is 405 g/mol. The monoisotopic (exact) mass is 404 g/mol. The lowest BCUT2D eigenvalue weighted by atomic mass is 10.2. The van der Waals surface area contributed by atoms with Gasteiger partial charge in [0.2, 0.25) is 20.0 Å². The Bertz CT molecular complexity index is 570. The standard InChI is InChI=1S/C9H20N2O4S.C4H12N2O2S/c1-9(2,3)15-8(12)10-6-5-7-11-16(4,13)14;1-9(7,8)6-4-2-3-5/h11H,5-7H2,1-4H3,(H,10,12);6H,2-5H2,1H3. The van der Waals surface area contributed by atoms with Crippen LogP contribution in [0.5, 0.6) is 0 Å². The molecule has 152 valence electrons. The Morgan fingerprint density at radius 1 is 0.920 bits per heavy atom. The Kier molecular flexibility index (Phi) is 13.0. The van der Waals surface area contributed by atoms with Gasteiger partial charge in [0.1, 0.15) is 5.60 Å². The van der Waals surface area contributed by atoms with Crippen molar-refractivity contribution < 1.29 is 26.4 Å². The Morgan fingerprint density at radius 2 is 1.36 bits per heavy atom. The van der Waals surface area contributed by atoms with Crippen LogP contribution in [0, 0.1) is 0 Å². The molecular formula is C13H32N4O6S2. The Morgan fingerprint density at radius 3 is 1.72 bits per heavy atom. The van der Waals surface area contributed by atoms with Gasteiger partial charge in [0.15, 0.2) is 0 Å². The van der Waals surface area contributed by atoms with E-state index in [0.29, 0.717) is 39.0 Å². The van der Waals surface area contributed by atoms with Crippen LogP contribution < -0.4 is 20.5 Å². The van der Waals surface area contributed by atoms with Gasteiger partial charge >= 0.3 is 6.09 Å². The molecule has 0 bridgehead atoms. The zero-order valence-corrected chi connectivity index (χ0v) is 17.2. The van der Waals surface area contributed by atoms with Crippen molar-refractivity contribution in [3.63, 3.8) is 0 Å². The quantitative estimate of drug-likeness (QED) is 0.371. The maximum absolute atomic E-state index is 11.1. The molecule has 0 aromatic rings. The summed E-state index contributed by atoms with van der Waals surface area (Å²) in [5.74, 6) is 0. The SMILES string of the molecule is CC(C)(C)OC(=O)NCCCNS(C)(=O)=O.CS(=O)(=O)NCCCN. The maximum Gasteiger partial charge on any atom is 0.407 e. The van der Waals surface area contributed by atoms with Crippen LogP contribution >= 0.6 is 0 Å². The third-order valence-corrected chi connectivity index (χ3v) is 3.59. The molecule has 0 aliphatic heterocycles. The lowest BCUT2D eigenvalue weighted by Crippen LogP contribution is -2.34. The Labute approximate surface area is 151 Å². The van der Waals surface area contributed by atoms with Gasteiger partial charge in [-0.05, 0) is 40.2 Å². The first-order valence-electron chi connectivity index (χ1n) is 7.72. The second kappa shape index (κ2) is 12.4. The van der Waals surface area contributed by atoms with Crippen molar-refractivity contribution in [3.05, 3.63) is 0 Å². The van der Waals surface area contributed by atoms with E-state index in [0.717, 1.165) is 12.5 Å². The van der Waals surface area contributed by atoms with Crippen molar-refractivity contribution in [2.45, 2.75) is 39.2 Å². The van der Waals surface area contributed by atoms with E-state index in [2.05, 4.69) is 14.8 Å². The van der Waals surface area contributed by atoms with Gasteiger partial charge in [0, 0.05) is 19.6 Å². The normalized spacial score (nSPS) is 12.1. The number of rotatable bonds is 9. The third-order valence-electron chi connectivity index (χ3n) is 2.13. The van der Waals surface area contributed by atoms with Crippen molar-refractivity contribution in [2.24, 2.45) is 5.73 Å². The van der Waals surface area contributed by atoms with Crippen LogP contribution in [-0.2, 0) is 24.8 Å². The third kappa shape index (κ3) is 28.1. The Balaban J connectivity index is 0. The summed E-state index contributed by atoms with van der Waals surface area (Å²) in [6.45, 7) is 6.96. The second-order valence-electron chi connectivity index (χ2n) is 6.26. The summed E-state index contributed by atoms with van der Waals surface area (Å²) in [5, 5.41) is 2.53. The lowest BCUT2D eigenvalue weighted by Gasteiger charge is -2.19. The first-order valence-corrected chi connectivity index (χ1v) is 11.5. The number of ether oxygens (including phenoxy) is 1. The van der Waals surface area contributed by atoms with Gasteiger partial charge in [-0.15, -0.1) is 0 Å². The highest BCUT2D eigenvalue weighted by Crippen LogP contribution is 2.06. The molecule has 0 saturated carbocycles. The molecule has 0 heterocycles. The van der Waals surface area contributed by atoms with Crippen molar-refractivity contribution in [3.8, 4) is 0 Å². The van der Waals surface area contributed by atoms with Crippen molar-refractivity contribution in [1.29, 1.82) is 0 Å². The predicted molar refractivity (Wildman–Crippen MR) is 98.2 cm³/mol. The van der Waals surface area contributed by atoms with E-state index in [1.807, 2.05) is 0 Å². The molecule has 1 amide bonds. The van der Waals surface area contributed by atoms with Crippen LogP contribution in [0.15, 0.2) is 0 Å². The first-order chi connectivity index (χ1) is 11.2. The van der Waals surface area contributed by atoms with Gasteiger partial charge in [-0.1, -0.05) is 0 Å². The average Bonchev–Trinajstić information content (AvgIpc) is 2.34. The molecule has 0 aromatic heterocycles. The number of nitrogens with one attached hydrogen (secondary N) is 3. The van der Waals surface area contributed by atoms with Gasteiger partial charge in [0.25, 0.3) is 0 Å². The summed E-state index contributed by atoms with van der Waals surface area (Å²) in [4.78, 5) is 11.1. The molecule has 0 fully saturated rings. The fourth-order valence-electron chi connectivity index (χ4n) is 1.21. The highest BCUT2D eigenvalue weighted by atomic mass is 32.2. The molecular weight excluding hydrogens is 372 g/mol. The molecule has 0 unspecified atom stereocenters. The maximum atomic E-state index is 11.1. The van der Waals surface area contributed by atoms with Gasteiger partial charge < -0.3 is 15.8 Å². The fraction of sp³-hybridized carbons (Fsp3) is 0.923. The number of amides is 1. The summed E-state index contributed by atoms with van der Waals surface area (Å²) in [5.41, 5.74) is 4.60. The molecule has 0 radical (unpaired) electrons. The van der Waals surface area contributed by atoms with E-state index >= 15 is 0 Å². The van der Waals surface area contributed by atoms with Gasteiger partial charge in [-0.3, -0.25) is 0 Å². The van der Waals surface area contributed by atoms with Crippen LogP contribution in [0.25, 0.3) is 0 Å². The van der Waals surface area contributed by atoms with E-state index in [4.69, 9.17) is 10.5 Å². The van der Waals surface area contributed by atoms with Gasteiger partial charge in [-0.25, -0.2) is 31.1 Å². The minimum Gasteiger partial charge on any atom is -0.444 e. The zero-order chi connectivity index (χ0) is 20.1. The number of alkyl carbamates (subject to hydrolysis) is 1. The second-order valence-corrected chi connectivity index (χ2v) is 9.92. The van der Waals surface area contributed by atoms with Gasteiger partial charge in [0.05, 0.1) is 12.5 Å². The van der Waals surface area contributed by atoms with E-state index < -0.39 is 31.7 Å². The van der Waals surface area contributed by atoms with Crippen LogP contribution in [0.3, 0.4) is 0 Å². The number of carbonyl (C=O) groups excluding carboxylic acids is 1. The van der Waals surface area contributed by atoms with Crippen LogP contribution in [0.1, 0.15) is 33.6 Å². The highest BCUT2D eigenvalue weighted by Gasteiger charge is 2.15. The number of nitrogens with two attached hydrogens (primary N) is 1. The molecule has 0 aromatic carbocycles. The van der Waals surface area contributed by atoms with Crippen molar-refractivity contribution in [2.75, 3.05) is 38.7 Å². The molecule has 5 N–H and O–H groups in total. The molecule has 0 aliphatic carbocycles. The molecule has 0 saturated heterocycles. The molecule has 12 heteroatoms. The molecule has 0 spiro atoms. The number of sulfonamides is 2. The smallest absolute Gasteiger partial charge is 0.407 e.